The Labute approximate surface area is 61.4 Å². The minimum atomic E-state index is 0.00315. The first-order valence-corrected chi connectivity index (χ1v) is 3.51. The summed E-state index contributed by atoms with van der Waals surface area (Å²) in [6, 6.07) is 0.158. The number of carbonyl (C=O) groups is 1. The Bertz CT molecular complexity index is 103. The van der Waals surface area contributed by atoms with E-state index in [1.165, 1.54) is 6.92 Å². The Hall–Kier alpha value is -0.180. The van der Waals surface area contributed by atoms with Crippen LogP contribution in [0.2, 0.25) is 0 Å². The molecule has 2 unspecified atom stereocenters. The number of amides is 1. The zero-order chi connectivity index (χ0) is 7.44. The maximum absolute atomic E-state index is 10.4. The molecule has 0 aromatic carbocycles. The highest BCUT2D eigenvalue weighted by molar-refractivity contribution is 7.81. The molecule has 2 nitrogen and oxygen atoms in total. The first-order valence-electron chi connectivity index (χ1n) is 2.99. The number of thiol groups is 1. The predicted octanol–water partition coefficient (Wildman–Crippen LogP) is 0.829. The highest BCUT2D eigenvalue weighted by Gasteiger charge is 2.06. The van der Waals surface area contributed by atoms with Gasteiger partial charge in [0.05, 0.1) is 0 Å². The summed E-state index contributed by atoms with van der Waals surface area (Å²) in [5.74, 6) is 0.00315. The maximum atomic E-state index is 10.4. The second kappa shape index (κ2) is 3.77. The highest BCUT2D eigenvalue weighted by Crippen LogP contribution is 1.98. The molecule has 0 rings (SSSR count). The van der Waals surface area contributed by atoms with Crippen LogP contribution in [0.3, 0.4) is 0 Å². The number of hydrogen-bond acceptors (Lipinski definition) is 2. The van der Waals surface area contributed by atoms with Gasteiger partial charge >= 0.3 is 0 Å². The van der Waals surface area contributed by atoms with Gasteiger partial charge in [0.15, 0.2) is 0 Å². The molecule has 9 heavy (non-hydrogen) atoms. The molecule has 1 N–H and O–H groups in total. The van der Waals surface area contributed by atoms with E-state index in [9.17, 15) is 4.79 Å². The maximum Gasteiger partial charge on any atom is 0.217 e. The van der Waals surface area contributed by atoms with Gasteiger partial charge < -0.3 is 5.32 Å². The average Bonchev–Trinajstić information content (AvgIpc) is 1.63. The number of carbonyl (C=O) groups excluding carboxylic acids is 1. The molecule has 0 saturated heterocycles. The SMILES string of the molecule is CC(=O)NC(C)C(C)S. The van der Waals surface area contributed by atoms with Crippen LogP contribution in [0.5, 0.6) is 0 Å². The summed E-state index contributed by atoms with van der Waals surface area (Å²) in [5.41, 5.74) is 0. The standard InChI is InChI=1S/C6H13NOS/c1-4(5(2)9)7-6(3)8/h4-5,9H,1-3H3,(H,7,8). The van der Waals surface area contributed by atoms with Crippen molar-refractivity contribution in [1.29, 1.82) is 0 Å². The van der Waals surface area contributed by atoms with Gasteiger partial charge in [-0.1, -0.05) is 6.92 Å². The van der Waals surface area contributed by atoms with Crippen LogP contribution < -0.4 is 5.32 Å². The lowest BCUT2D eigenvalue weighted by Gasteiger charge is -2.14. The van der Waals surface area contributed by atoms with E-state index in [0.717, 1.165) is 0 Å². The summed E-state index contributed by atoms with van der Waals surface area (Å²) in [7, 11) is 0. The number of nitrogens with one attached hydrogen (secondary N) is 1. The summed E-state index contributed by atoms with van der Waals surface area (Å²) >= 11 is 4.15. The largest absolute Gasteiger partial charge is 0.353 e. The third-order valence-electron chi connectivity index (χ3n) is 1.15. The lowest BCUT2D eigenvalue weighted by atomic mass is 10.2. The van der Waals surface area contributed by atoms with Crippen LogP contribution >= 0.6 is 12.6 Å². The molecule has 0 spiro atoms. The molecule has 0 aliphatic rings. The molecule has 2 atom stereocenters. The summed E-state index contributed by atoms with van der Waals surface area (Å²) in [6.07, 6.45) is 0. The molecule has 0 aliphatic carbocycles. The Morgan fingerprint density at radius 3 is 2.11 bits per heavy atom. The van der Waals surface area contributed by atoms with Gasteiger partial charge in [-0.25, -0.2) is 0 Å². The van der Waals surface area contributed by atoms with Crippen molar-refractivity contribution < 1.29 is 4.79 Å². The van der Waals surface area contributed by atoms with Crippen molar-refractivity contribution in [1.82, 2.24) is 5.32 Å². The fraction of sp³-hybridized carbons (Fsp3) is 0.833. The van der Waals surface area contributed by atoms with Gasteiger partial charge in [-0.3, -0.25) is 4.79 Å². The van der Waals surface area contributed by atoms with Crippen LogP contribution in [-0.2, 0) is 4.79 Å². The fourth-order valence-corrected chi connectivity index (χ4v) is 0.516. The van der Waals surface area contributed by atoms with E-state index < -0.39 is 0 Å². The van der Waals surface area contributed by atoms with E-state index in [4.69, 9.17) is 0 Å². The van der Waals surface area contributed by atoms with Crippen molar-refractivity contribution in [2.45, 2.75) is 32.1 Å². The highest BCUT2D eigenvalue weighted by atomic mass is 32.1. The average molecular weight is 147 g/mol. The first-order chi connectivity index (χ1) is 4.04. The van der Waals surface area contributed by atoms with Gasteiger partial charge in [0.1, 0.15) is 0 Å². The van der Waals surface area contributed by atoms with E-state index in [1.54, 1.807) is 0 Å². The van der Waals surface area contributed by atoms with Crippen LogP contribution in [0, 0.1) is 0 Å². The van der Waals surface area contributed by atoms with Crippen LogP contribution in [0.15, 0.2) is 0 Å². The summed E-state index contributed by atoms with van der Waals surface area (Å²) in [5, 5.41) is 2.94. The smallest absolute Gasteiger partial charge is 0.217 e. The third-order valence-corrected chi connectivity index (χ3v) is 1.60. The molecule has 0 aromatic rings. The van der Waals surface area contributed by atoms with Crippen molar-refractivity contribution in [2.75, 3.05) is 0 Å². The predicted molar refractivity (Wildman–Crippen MR) is 41.7 cm³/mol. The van der Waals surface area contributed by atoms with E-state index in [0.29, 0.717) is 0 Å². The number of rotatable bonds is 2. The second-order valence-corrected chi connectivity index (χ2v) is 3.04. The Morgan fingerprint density at radius 2 is 2.00 bits per heavy atom. The van der Waals surface area contributed by atoms with Crippen LogP contribution in [-0.4, -0.2) is 17.2 Å². The van der Waals surface area contributed by atoms with Crippen molar-refractivity contribution in [3.63, 3.8) is 0 Å². The van der Waals surface area contributed by atoms with Gasteiger partial charge in [-0.05, 0) is 6.92 Å². The van der Waals surface area contributed by atoms with Gasteiger partial charge in [-0.15, -0.1) is 0 Å². The van der Waals surface area contributed by atoms with Crippen molar-refractivity contribution in [3.8, 4) is 0 Å². The van der Waals surface area contributed by atoms with Crippen LogP contribution in [0.4, 0.5) is 0 Å². The number of hydrogen-bond donors (Lipinski definition) is 2. The van der Waals surface area contributed by atoms with E-state index in [2.05, 4.69) is 17.9 Å². The monoisotopic (exact) mass is 147 g/mol. The van der Waals surface area contributed by atoms with E-state index in [1.807, 2.05) is 13.8 Å². The molecule has 0 heterocycles. The molecule has 54 valence electrons. The molecule has 0 fully saturated rings. The molecular weight excluding hydrogens is 134 g/mol. The normalized spacial score (nSPS) is 16.4. The lowest BCUT2D eigenvalue weighted by molar-refractivity contribution is -0.119. The van der Waals surface area contributed by atoms with Crippen LogP contribution in [0.25, 0.3) is 0 Å². The minimum absolute atomic E-state index is 0.00315. The van der Waals surface area contributed by atoms with Crippen molar-refractivity contribution in [3.05, 3.63) is 0 Å². The molecule has 0 bridgehead atoms. The Balaban J connectivity index is 3.50. The summed E-state index contributed by atoms with van der Waals surface area (Å²) < 4.78 is 0. The van der Waals surface area contributed by atoms with Crippen molar-refractivity contribution in [2.24, 2.45) is 0 Å². The topological polar surface area (TPSA) is 29.1 Å². The van der Waals surface area contributed by atoms with Crippen molar-refractivity contribution >= 4 is 18.5 Å². The molecule has 0 radical (unpaired) electrons. The fourth-order valence-electron chi connectivity index (χ4n) is 0.441. The molecule has 0 aliphatic heterocycles. The van der Waals surface area contributed by atoms with Gasteiger partial charge in [0.2, 0.25) is 5.91 Å². The molecule has 3 heteroatoms. The summed E-state index contributed by atoms with van der Waals surface area (Å²) in [4.78, 5) is 10.4. The molecular formula is C6H13NOS. The zero-order valence-corrected chi connectivity index (χ0v) is 6.90. The van der Waals surface area contributed by atoms with Crippen LogP contribution in [0.1, 0.15) is 20.8 Å². The second-order valence-electron chi connectivity index (χ2n) is 2.23. The lowest BCUT2D eigenvalue weighted by Crippen LogP contribution is -2.35. The van der Waals surface area contributed by atoms with E-state index in [-0.39, 0.29) is 17.2 Å². The Morgan fingerprint density at radius 1 is 1.56 bits per heavy atom. The molecule has 0 aromatic heterocycles. The van der Waals surface area contributed by atoms with Gasteiger partial charge in [-0.2, -0.15) is 12.6 Å². The summed E-state index contributed by atoms with van der Waals surface area (Å²) in [6.45, 7) is 5.38. The first kappa shape index (κ1) is 8.82. The van der Waals surface area contributed by atoms with Gasteiger partial charge in [0, 0.05) is 18.2 Å². The van der Waals surface area contributed by atoms with E-state index >= 15 is 0 Å². The quantitative estimate of drug-likeness (QED) is 0.557. The Kier molecular flexibility index (Phi) is 3.70. The third kappa shape index (κ3) is 4.33. The molecule has 0 saturated carbocycles. The molecule has 1 amide bonds. The zero-order valence-electron chi connectivity index (χ0n) is 6.01. The minimum Gasteiger partial charge on any atom is -0.353 e. The van der Waals surface area contributed by atoms with Gasteiger partial charge in [0.25, 0.3) is 0 Å².